The Bertz CT molecular complexity index is 838. The maximum Gasteiger partial charge on any atom is 0.247 e. The molecule has 0 saturated carbocycles. The Morgan fingerprint density at radius 2 is 1.96 bits per heavy atom. The minimum atomic E-state index is 0.515. The number of hydrogen-bond acceptors (Lipinski definition) is 6. The molecule has 1 saturated heterocycles. The van der Waals surface area contributed by atoms with E-state index in [0.29, 0.717) is 5.95 Å². The van der Waals surface area contributed by atoms with Gasteiger partial charge in [-0.15, -0.1) is 5.10 Å². The lowest BCUT2D eigenvalue weighted by Gasteiger charge is -2.30. The summed E-state index contributed by atoms with van der Waals surface area (Å²) in [6, 6.07) is 12.5. The van der Waals surface area contributed by atoms with Crippen LogP contribution in [0.15, 0.2) is 42.7 Å². The summed E-state index contributed by atoms with van der Waals surface area (Å²) in [5.74, 6) is 1.26. The third kappa shape index (κ3) is 3.46. The normalized spacial score (nSPS) is 14.5. The second-order valence-electron chi connectivity index (χ2n) is 6.10. The smallest absolute Gasteiger partial charge is 0.247 e. The Balaban J connectivity index is 1.75. The van der Waals surface area contributed by atoms with Crippen LogP contribution < -0.4 is 15.5 Å². The van der Waals surface area contributed by atoms with E-state index in [1.54, 1.807) is 6.33 Å². The Morgan fingerprint density at radius 3 is 2.72 bits per heavy atom. The van der Waals surface area contributed by atoms with Gasteiger partial charge < -0.3 is 15.5 Å². The van der Waals surface area contributed by atoms with Crippen LogP contribution in [0.3, 0.4) is 0 Å². The quantitative estimate of drug-likeness (QED) is 0.679. The minimum Gasteiger partial charge on any atom is -0.369 e. The van der Waals surface area contributed by atoms with Gasteiger partial charge in [-0.2, -0.15) is 0 Å². The molecule has 7 nitrogen and oxygen atoms in total. The standard InChI is InChI=1S/C18H21N7/c1-13-4-2-3-5-15(13)16-10-14(25-8-6-19-7-9-25)11-17(22-16)23-18-20-12-21-24-18/h2-5,10-12,19H,6-9H2,1H3,(H2,20,21,22,23,24). The van der Waals surface area contributed by atoms with E-state index in [9.17, 15) is 0 Å². The minimum absolute atomic E-state index is 0.515. The molecule has 0 unspecified atom stereocenters. The first kappa shape index (κ1) is 15.6. The molecule has 4 rings (SSSR count). The van der Waals surface area contributed by atoms with Crippen molar-refractivity contribution in [2.24, 2.45) is 0 Å². The molecule has 1 aliphatic rings. The van der Waals surface area contributed by atoms with Gasteiger partial charge >= 0.3 is 0 Å². The summed E-state index contributed by atoms with van der Waals surface area (Å²) in [5, 5.41) is 13.4. The van der Waals surface area contributed by atoms with E-state index >= 15 is 0 Å². The Kier molecular flexibility index (Phi) is 4.30. The lowest BCUT2D eigenvalue weighted by Crippen LogP contribution is -2.43. The second kappa shape index (κ2) is 6.90. The van der Waals surface area contributed by atoms with E-state index in [2.05, 4.69) is 61.9 Å². The zero-order valence-corrected chi connectivity index (χ0v) is 14.2. The summed E-state index contributed by atoms with van der Waals surface area (Å²) < 4.78 is 0. The number of aromatic nitrogens is 4. The van der Waals surface area contributed by atoms with Crippen LogP contribution in [-0.2, 0) is 0 Å². The van der Waals surface area contributed by atoms with Crippen LogP contribution in [0.2, 0.25) is 0 Å². The van der Waals surface area contributed by atoms with Crippen LogP contribution in [-0.4, -0.2) is 46.3 Å². The van der Waals surface area contributed by atoms with Gasteiger partial charge in [-0.05, 0) is 18.6 Å². The van der Waals surface area contributed by atoms with Gasteiger partial charge in [0.15, 0.2) is 0 Å². The molecule has 25 heavy (non-hydrogen) atoms. The molecule has 7 heteroatoms. The molecule has 0 spiro atoms. The first-order valence-electron chi connectivity index (χ1n) is 8.46. The van der Waals surface area contributed by atoms with Crippen molar-refractivity contribution in [2.45, 2.75) is 6.92 Å². The van der Waals surface area contributed by atoms with Crippen LogP contribution in [0, 0.1) is 6.92 Å². The Hall–Kier alpha value is -2.93. The van der Waals surface area contributed by atoms with Crippen molar-refractivity contribution in [1.82, 2.24) is 25.5 Å². The Labute approximate surface area is 146 Å². The summed E-state index contributed by atoms with van der Waals surface area (Å²) in [7, 11) is 0. The van der Waals surface area contributed by atoms with Gasteiger partial charge in [-0.3, -0.25) is 5.10 Å². The van der Waals surface area contributed by atoms with Gasteiger partial charge in [0, 0.05) is 43.5 Å². The van der Waals surface area contributed by atoms with Crippen LogP contribution in [0.4, 0.5) is 17.5 Å². The fourth-order valence-electron chi connectivity index (χ4n) is 3.07. The first-order chi connectivity index (χ1) is 12.3. The number of H-pyrrole nitrogens is 1. The fraction of sp³-hybridized carbons (Fsp3) is 0.278. The SMILES string of the molecule is Cc1ccccc1-c1cc(N2CCNCC2)cc(Nc2nc[nH]n2)n1. The fourth-order valence-corrected chi connectivity index (χ4v) is 3.07. The lowest BCUT2D eigenvalue weighted by atomic mass is 10.0. The molecule has 0 amide bonds. The summed E-state index contributed by atoms with van der Waals surface area (Å²) in [6.07, 6.45) is 1.55. The Morgan fingerprint density at radius 1 is 1.12 bits per heavy atom. The molecule has 0 atom stereocenters. The van der Waals surface area contributed by atoms with Gasteiger partial charge in [0.05, 0.1) is 5.69 Å². The van der Waals surface area contributed by atoms with Crippen molar-refractivity contribution < 1.29 is 0 Å². The number of pyridine rings is 1. The van der Waals surface area contributed by atoms with Crippen molar-refractivity contribution >= 4 is 17.5 Å². The van der Waals surface area contributed by atoms with Crippen LogP contribution in [0.1, 0.15) is 5.56 Å². The number of aromatic amines is 1. The number of nitrogens with one attached hydrogen (secondary N) is 3. The predicted molar refractivity (Wildman–Crippen MR) is 99.2 cm³/mol. The highest BCUT2D eigenvalue weighted by Gasteiger charge is 2.15. The molecule has 3 aromatic rings. The molecule has 1 aliphatic heterocycles. The highest BCUT2D eigenvalue weighted by molar-refractivity contribution is 5.71. The maximum absolute atomic E-state index is 4.79. The van der Waals surface area contributed by atoms with Gasteiger partial charge in [0.2, 0.25) is 5.95 Å². The molecule has 1 aromatic carbocycles. The first-order valence-corrected chi connectivity index (χ1v) is 8.46. The summed E-state index contributed by atoms with van der Waals surface area (Å²) in [5.41, 5.74) is 4.45. The van der Waals surface area contributed by atoms with E-state index in [4.69, 9.17) is 4.98 Å². The predicted octanol–water partition coefficient (Wildman–Crippen LogP) is 2.33. The van der Waals surface area contributed by atoms with Gasteiger partial charge in [0.1, 0.15) is 12.1 Å². The van der Waals surface area contributed by atoms with E-state index < -0.39 is 0 Å². The monoisotopic (exact) mass is 335 g/mol. The molecule has 2 aromatic heterocycles. The summed E-state index contributed by atoms with van der Waals surface area (Å²) in [4.78, 5) is 11.3. The third-order valence-corrected chi connectivity index (χ3v) is 4.37. The summed E-state index contributed by atoms with van der Waals surface area (Å²) in [6.45, 7) is 6.06. The van der Waals surface area contributed by atoms with E-state index in [1.165, 1.54) is 5.56 Å². The molecule has 3 N–H and O–H groups in total. The molecule has 0 bridgehead atoms. The third-order valence-electron chi connectivity index (χ3n) is 4.37. The van der Waals surface area contributed by atoms with Crippen molar-refractivity contribution in [3.8, 4) is 11.3 Å². The zero-order chi connectivity index (χ0) is 17.1. The highest BCUT2D eigenvalue weighted by atomic mass is 15.3. The second-order valence-corrected chi connectivity index (χ2v) is 6.10. The van der Waals surface area contributed by atoms with E-state index in [-0.39, 0.29) is 0 Å². The number of piperazine rings is 1. The van der Waals surface area contributed by atoms with Crippen molar-refractivity contribution in [3.63, 3.8) is 0 Å². The number of anilines is 3. The van der Waals surface area contributed by atoms with Crippen molar-refractivity contribution in [1.29, 1.82) is 0 Å². The average Bonchev–Trinajstić information content (AvgIpc) is 3.15. The topological polar surface area (TPSA) is 81.8 Å². The van der Waals surface area contributed by atoms with E-state index in [1.807, 2.05) is 12.1 Å². The number of rotatable bonds is 4. The molecule has 3 heterocycles. The number of benzene rings is 1. The number of aryl methyl sites for hydroxylation is 1. The molecule has 0 radical (unpaired) electrons. The number of nitrogens with zero attached hydrogens (tertiary/aromatic N) is 4. The van der Waals surface area contributed by atoms with Crippen LogP contribution >= 0.6 is 0 Å². The summed E-state index contributed by atoms with van der Waals surface area (Å²) >= 11 is 0. The van der Waals surface area contributed by atoms with E-state index in [0.717, 1.165) is 48.9 Å². The lowest BCUT2D eigenvalue weighted by molar-refractivity contribution is 0.589. The van der Waals surface area contributed by atoms with Gasteiger partial charge in [-0.25, -0.2) is 9.97 Å². The number of hydrogen-bond donors (Lipinski definition) is 3. The van der Waals surface area contributed by atoms with Gasteiger partial charge in [0.25, 0.3) is 0 Å². The molecular formula is C18H21N7. The zero-order valence-electron chi connectivity index (χ0n) is 14.2. The highest BCUT2D eigenvalue weighted by Crippen LogP contribution is 2.29. The largest absolute Gasteiger partial charge is 0.369 e. The molecule has 128 valence electrons. The molecular weight excluding hydrogens is 314 g/mol. The van der Waals surface area contributed by atoms with Crippen molar-refractivity contribution in [3.05, 3.63) is 48.3 Å². The maximum atomic E-state index is 4.79. The van der Waals surface area contributed by atoms with Crippen LogP contribution in [0.5, 0.6) is 0 Å². The average molecular weight is 335 g/mol. The molecule has 1 fully saturated rings. The van der Waals surface area contributed by atoms with Gasteiger partial charge in [-0.1, -0.05) is 24.3 Å². The van der Waals surface area contributed by atoms with Crippen molar-refractivity contribution in [2.75, 3.05) is 36.4 Å². The molecule has 0 aliphatic carbocycles. The van der Waals surface area contributed by atoms with Crippen LogP contribution in [0.25, 0.3) is 11.3 Å².